The largest absolute Gasteiger partial charge is 0.383 e. The number of nitrogens with zero attached hydrogens (tertiary/aromatic N) is 2. The zero-order chi connectivity index (χ0) is 11.4. The lowest BCUT2D eigenvalue weighted by Crippen LogP contribution is -2.38. The summed E-state index contributed by atoms with van der Waals surface area (Å²) < 4.78 is 5.12. The molecule has 0 aromatic heterocycles. The van der Waals surface area contributed by atoms with E-state index in [-0.39, 0.29) is 0 Å². The lowest BCUT2D eigenvalue weighted by atomic mass is 10.1. The molecule has 90 valence electrons. The van der Waals surface area contributed by atoms with Gasteiger partial charge < -0.3 is 4.74 Å². The van der Waals surface area contributed by atoms with Crippen LogP contribution >= 0.6 is 0 Å². The van der Waals surface area contributed by atoms with Crippen LogP contribution in [-0.4, -0.2) is 61.8 Å². The van der Waals surface area contributed by atoms with E-state index in [9.17, 15) is 0 Å². The van der Waals surface area contributed by atoms with Crippen molar-refractivity contribution < 1.29 is 4.74 Å². The van der Waals surface area contributed by atoms with Gasteiger partial charge in [0.25, 0.3) is 0 Å². The minimum absolute atomic E-state index is 0.667. The first-order valence-electron chi connectivity index (χ1n) is 6.01. The van der Waals surface area contributed by atoms with Gasteiger partial charge >= 0.3 is 0 Å². The molecule has 1 aliphatic heterocycles. The van der Waals surface area contributed by atoms with Crippen LogP contribution in [0.1, 0.15) is 27.2 Å². The summed E-state index contributed by atoms with van der Waals surface area (Å²) in [5.41, 5.74) is 0. The molecule has 0 aromatic rings. The Morgan fingerprint density at radius 2 is 2.13 bits per heavy atom. The summed E-state index contributed by atoms with van der Waals surface area (Å²) in [5.74, 6) is 0. The van der Waals surface area contributed by atoms with Gasteiger partial charge in [-0.1, -0.05) is 0 Å². The van der Waals surface area contributed by atoms with Crippen LogP contribution in [-0.2, 0) is 4.74 Å². The van der Waals surface area contributed by atoms with Crippen LogP contribution in [0.4, 0.5) is 0 Å². The van der Waals surface area contributed by atoms with Gasteiger partial charge in [-0.2, -0.15) is 0 Å². The molecule has 1 aliphatic rings. The third-order valence-electron chi connectivity index (χ3n) is 3.54. The average molecular weight is 214 g/mol. The summed E-state index contributed by atoms with van der Waals surface area (Å²) >= 11 is 0. The smallest absolute Gasteiger partial charge is 0.0589 e. The highest BCUT2D eigenvalue weighted by molar-refractivity contribution is 4.89. The zero-order valence-electron chi connectivity index (χ0n) is 10.9. The predicted octanol–water partition coefficient (Wildman–Crippen LogP) is 1.44. The number of methoxy groups -OCH3 is 1. The Hall–Kier alpha value is -0.120. The van der Waals surface area contributed by atoms with Crippen molar-refractivity contribution in [3.8, 4) is 0 Å². The van der Waals surface area contributed by atoms with Gasteiger partial charge in [-0.15, -0.1) is 0 Å². The molecule has 1 rings (SSSR count). The summed E-state index contributed by atoms with van der Waals surface area (Å²) in [6, 6.07) is 2.10. The molecular formula is C12H26N2O. The van der Waals surface area contributed by atoms with Crippen LogP contribution in [0.25, 0.3) is 0 Å². The summed E-state index contributed by atoms with van der Waals surface area (Å²) in [5, 5.41) is 0. The normalized spacial score (nSPS) is 28.2. The van der Waals surface area contributed by atoms with Gasteiger partial charge in [-0.3, -0.25) is 9.80 Å². The van der Waals surface area contributed by atoms with E-state index in [0.717, 1.165) is 19.2 Å². The van der Waals surface area contributed by atoms with Crippen molar-refractivity contribution in [2.75, 3.05) is 33.9 Å². The van der Waals surface area contributed by atoms with Crippen LogP contribution in [0.15, 0.2) is 0 Å². The van der Waals surface area contributed by atoms with E-state index in [1.54, 1.807) is 7.11 Å². The second-order valence-corrected chi connectivity index (χ2v) is 5.00. The number of hydrogen-bond donors (Lipinski definition) is 0. The van der Waals surface area contributed by atoms with Crippen LogP contribution in [0.3, 0.4) is 0 Å². The lowest BCUT2D eigenvalue weighted by Gasteiger charge is -2.26. The molecule has 1 unspecified atom stereocenters. The molecule has 2 atom stereocenters. The quantitative estimate of drug-likeness (QED) is 0.688. The maximum atomic E-state index is 5.12. The number of likely N-dealkylation sites (tertiary alicyclic amines) is 1. The SMILES string of the molecule is COCCN(C)[C@H]1CC(C)N(C(C)C)C1. The highest BCUT2D eigenvalue weighted by atomic mass is 16.5. The number of hydrogen-bond acceptors (Lipinski definition) is 3. The van der Waals surface area contributed by atoms with Crippen molar-refractivity contribution in [2.45, 2.75) is 45.3 Å². The first-order chi connectivity index (χ1) is 7.06. The third kappa shape index (κ3) is 3.44. The molecule has 0 saturated carbocycles. The van der Waals surface area contributed by atoms with E-state index in [1.807, 2.05) is 0 Å². The topological polar surface area (TPSA) is 15.7 Å². The summed E-state index contributed by atoms with van der Waals surface area (Å²) in [4.78, 5) is 5.02. The van der Waals surface area contributed by atoms with Gasteiger partial charge in [0.05, 0.1) is 6.61 Å². The molecule has 0 amide bonds. The maximum absolute atomic E-state index is 5.12. The predicted molar refractivity (Wildman–Crippen MR) is 64.2 cm³/mol. The Morgan fingerprint density at radius 3 is 2.60 bits per heavy atom. The van der Waals surface area contributed by atoms with Gasteiger partial charge in [0.1, 0.15) is 0 Å². The fourth-order valence-electron chi connectivity index (χ4n) is 2.48. The maximum Gasteiger partial charge on any atom is 0.0589 e. The molecule has 1 saturated heterocycles. The molecule has 0 aliphatic carbocycles. The molecular weight excluding hydrogens is 188 g/mol. The van der Waals surface area contributed by atoms with Crippen LogP contribution in [0, 0.1) is 0 Å². The number of rotatable bonds is 5. The number of ether oxygens (including phenoxy) is 1. The minimum Gasteiger partial charge on any atom is -0.383 e. The Labute approximate surface area is 94.4 Å². The van der Waals surface area contributed by atoms with Gasteiger partial charge in [0.2, 0.25) is 0 Å². The molecule has 3 nitrogen and oxygen atoms in total. The van der Waals surface area contributed by atoms with E-state index in [4.69, 9.17) is 4.74 Å². The van der Waals surface area contributed by atoms with E-state index < -0.39 is 0 Å². The van der Waals surface area contributed by atoms with Gasteiger partial charge in [-0.25, -0.2) is 0 Å². The average Bonchev–Trinajstić information content (AvgIpc) is 2.56. The Balaban J connectivity index is 2.39. The van der Waals surface area contributed by atoms with Gasteiger partial charge in [-0.05, 0) is 34.2 Å². The highest BCUT2D eigenvalue weighted by Gasteiger charge is 2.32. The molecule has 0 spiro atoms. The minimum atomic E-state index is 0.667. The monoisotopic (exact) mass is 214 g/mol. The highest BCUT2D eigenvalue weighted by Crippen LogP contribution is 2.22. The molecule has 3 heteroatoms. The fraction of sp³-hybridized carbons (Fsp3) is 1.00. The summed E-state index contributed by atoms with van der Waals surface area (Å²) in [6.45, 7) is 9.99. The van der Waals surface area contributed by atoms with Crippen molar-refractivity contribution in [1.29, 1.82) is 0 Å². The van der Waals surface area contributed by atoms with Crippen molar-refractivity contribution in [1.82, 2.24) is 9.80 Å². The second kappa shape index (κ2) is 5.83. The molecule has 15 heavy (non-hydrogen) atoms. The lowest BCUT2D eigenvalue weighted by molar-refractivity contribution is 0.136. The number of likely N-dealkylation sites (N-methyl/N-ethyl adjacent to an activating group) is 1. The molecule has 0 N–H and O–H groups in total. The summed E-state index contributed by atoms with van der Waals surface area (Å²) in [7, 11) is 3.98. The van der Waals surface area contributed by atoms with E-state index in [2.05, 4.69) is 37.6 Å². The Morgan fingerprint density at radius 1 is 1.47 bits per heavy atom. The Kier molecular flexibility index (Phi) is 5.03. The van der Waals surface area contributed by atoms with Crippen molar-refractivity contribution in [2.24, 2.45) is 0 Å². The molecule has 0 aromatic carbocycles. The van der Waals surface area contributed by atoms with Gasteiger partial charge in [0, 0.05) is 38.3 Å². The Bertz CT molecular complexity index is 184. The first-order valence-corrected chi connectivity index (χ1v) is 6.01. The molecule has 1 fully saturated rings. The van der Waals surface area contributed by atoms with Crippen molar-refractivity contribution in [3.63, 3.8) is 0 Å². The molecule has 1 heterocycles. The third-order valence-corrected chi connectivity index (χ3v) is 3.54. The standard InChI is InChI=1S/C12H26N2O/c1-10(2)14-9-12(8-11(14)3)13(4)6-7-15-5/h10-12H,6-9H2,1-5H3/t11?,12-/m0/s1. The van der Waals surface area contributed by atoms with Crippen LogP contribution in [0.5, 0.6) is 0 Å². The molecule has 0 radical (unpaired) electrons. The zero-order valence-corrected chi connectivity index (χ0v) is 10.9. The van der Waals surface area contributed by atoms with E-state index in [0.29, 0.717) is 12.1 Å². The van der Waals surface area contributed by atoms with Crippen molar-refractivity contribution >= 4 is 0 Å². The molecule has 0 bridgehead atoms. The fourth-order valence-corrected chi connectivity index (χ4v) is 2.48. The summed E-state index contributed by atoms with van der Waals surface area (Å²) in [6.07, 6.45) is 1.29. The van der Waals surface area contributed by atoms with Crippen molar-refractivity contribution in [3.05, 3.63) is 0 Å². The van der Waals surface area contributed by atoms with Gasteiger partial charge in [0.15, 0.2) is 0 Å². The second-order valence-electron chi connectivity index (χ2n) is 5.00. The van der Waals surface area contributed by atoms with E-state index in [1.165, 1.54) is 13.0 Å². The van der Waals surface area contributed by atoms with Crippen LogP contribution in [0.2, 0.25) is 0 Å². The first kappa shape index (κ1) is 12.9. The van der Waals surface area contributed by atoms with Crippen LogP contribution < -0.4 is 0 Å². The van der Waals surface area contributed by atoms with E-state index >= 15 is 0 Å².